The number of carboxylic acids is 1. The molecule has 2 N–H and O–H groups in total. The van der Waals surface area contributed by atoms with Crippen molar-refractivity contribution < 1.29 is 19.1 Å². The summed E-state index contributed by atoms with van der Waals surface area (Å²) in [5.74, 6) is -2.15. The van der Waals surface area contributed by atoms with Crippen molar-refractivity contribution in [2.24, 2.45) is 5.41 Å². The minimum atomic E-state index is -1.11. The molecule has 0 aliphatic carbocycles. The van der Waals surface area contributed by atoms with Gasteiger partial charge in [0.15, 0.2) is 0 Å². The Hall–Kier alpha value is -1.43. The monoisotopic (exact) mass is 331 g/mol. The molecule has 0 aliphatic rings. The molecule has 0 aliphatic heterocycles. The molecule has 6 heteroatoms. The first kappa shape index (κ1) is 15.6. The molecular formula is C13H15BrFNO3. The number of nitrogens with one attached hydrogen (secondary N) is 1. The van der Waals surface area contributed by atoms with E-state index in [4.69, 9.17) is 5.11 Å². The van der Waals surface area contributed by atoms with Crippen molar-refractivity contribution in [1.29, 1.82) is 0 Å². The van der Waals surface area contributed by atoms with Gasteiger partial charge in [-0.05, 0) is 39.5 Å². The molecule has 0 bridgehead atoms. The van der Waals surface area contributed by atoms with Crippen LogP contribution >= 0.6 is 15.9 Å². The molecule has 1 aromatic rings. The highest BCUT2D eigenvalue weighted by Crippen LogP contribution is 2.22. The van der Waals surface area contributed by atoms with Gasteiger partial charge in [0.1, 0.15) is 11.9 Å². The Morgan fingerprint density at radius 3 is 2.37 bits per heavy atom. The molecule has 0 saturated heterocycles. The Morgan fingerprint density at radius 2 is 1.95 bits per heavy atom. The van der Waals surface area contributed by atoms with E-state index in [2.05, 4.69) is 21.2 Å². The average molecular weight is 332 g/mol. The Morgan fingerprint density at radius 1 is 1.37 bits per heavy atom. The largest absolute Gasteiger partial charge is 0.480 e. The van der Waals surface area contributed by atoms with E-state index in [-0.39, 0.29) is 10.0 Å². The molecule has 0 saturated carbocycles. The molecule has 0 heterocycles. The van der Waals surface area contributed by atoms with Gasteiger partial charge in [-0.1, -0.05) is 20.8 Å². The minimum Gasteiger partial charge on any atom is -0.480 e. The Labute approximate surface area is 119 Å². The van der Waals surface area contributed by atoms with Crippen LogP contribution in [0, 0.1) is 11.2 Å². The van der Waals surface area contributed by atoms with Gasteiger partial charge in [-0.15, -0.1) is 0 Å². The van der Waals surface area contributed by atoms with Crippen molar-refractivity contribution in [2.45, 2.75) is 26.8 Å². The summed E-state index contributed by atoms with van der Waals surface area (Å²) in [7, 11) is 0. The van der Waals surface area contributed by atoms with Gasteiger partial charge in [-0.3, -0.25) is 4.79 Å². The van der Waals surface area contributed by atoms with Crippen LogP contribution in [0.25, 0.3) is 0 Å². The van der Waals surface area contributed by atoms with Crippen LogP contribution < -0.4 is 5.32 Å². The third-order valence-electron chi connectivity index (χ3n) is 2.56. The van der Waals surface area contributed by atoms with Gasteiger partial charge in [-0.25, -0.2) is 9.18 Å². The zero-order valence-electron chi connectivity index (χ0n) is 10.8. The van der Waals surface area contributed by atoms with Crippen molar-refractivity contribution in [3.8, 4) is 0 Å². The van der Waals surface area contributed by atoms with Crippen LogP contribution in [0.2, 0.25) is 0 Å². The normalized spacial score (nSPS) is 12.9. The maximum absolute atomic E-state index is 12.9. The van der Waals surface area contributed by atoms with Crippen LogP contribution in [0.5, 0.6) is 0 Å². The first-order valence-corrected chi connectivity index (χ1v) is 6.41. The van der Waals surface area contributed by atoms with Crippen molar-refractivity contribution in [3.05, 3.63) is 34.1 Å². The molecule has 104 valence electrons. The number of aliphatic carboxylic acids is 1. The Kier molecular flexibility index (Phi) is 4.68. The van der Waals surface area contributed by atoms with Crippen molar-refractivity contribution in [2.75, 3.05) is 0 Å². The lowest BCUT2D eigenvalue weighted by Crippen LogP contribution is -2.49. The van der Waals surface area contributed by atoms with Gasteiger partial charge in [0.25, 0.3) is 5.91 Å². The summed E-state index contributed by atoms with van der Waals surface area (Å²) in [6, 6.07) is 2.57. The van der Waals surface area contributed by atoms with E-state index in [1.165, 1.54) is 6.07 Å². The van der Waals surface area contributed by atoms with Gasteiger partial charge in [-0.2, -0.15) is 0 Å². The van der Waals surface area contributed by atoms with Gasteiger partial charge in [0, 0.05) is 4.47 Å². The molecule has 1 amide bonds. The number of hydrogen-bond acceptors (Lipinski definition) is 2. The van der Waals surface area contributed by atoms with Gasteiger partial charge >= 0.3 is 5.97 Å². The smallest absolute Gasteiger partial charge is 0.326 e. The zero-order valence-corrected chi connectivity index (χ0v) is 12.4. The highest BCUT2D eigenvalue weighted by Gasteiger charge is 2.33. The molecule has 19 heavy (non-hydrogen) atoms. The Balaban J connectivity index is 2.98. The van der Waals surface area contributed by atoms with Crippen LogP contribution in [0.15, 0.2) is 22.7 Å². The van der Waals surface area contributed by atoms with Crippen molar-refractivity contribution in [3.63, 3.8) is 0 Å². The summed E-state index contributed by atoms with van der Waals surface area (Å²) >= 11 is 3.08. The van der Waals surface area contributed by atoms with Gasteiger partial charge in [0.2, 0.25) is 0 Å². The lowest BCUT2D eigenvalue weighted by atomic mass is 9.86. The molecule has 0 fully saturated rings. The predicted molar refractivity (Wildman–Crippen MR) is 72.4 cm³/mol. The second kappa shape index (κ2) is 5.69. The summed E-state index contributed by atoms with van der Waals surface area (Å²) in [5.41, 5.74) is -0.439. The van der Waals surface area contributed by atoms with Crippen LogP contribution in [0.4, 0.5) is 4.39 Å². The van der Waals surface area contributed by atoms with E-state index in [0.717, 1.165) is 12.1 Å². The van der Waals surface area contributed by atoms with Gasteiger partial charge in [0.05, 0.1) is 5.56 Å². The number of amides is 1. The first-order chi connectivity index (χ1) is 8.62. The summed E-state index contributed by atoms with van der Waals surface area (Å²) in [6.07, 6.45) is 0. The van der Waals surface area contributed by atoms with Crippen LogP contribution in [0.1, 0.15) is 31.1 Å². The topological polar surface area (TPSA) is 66.4 Å². The summed E-state index contributed by atoms with van der Waals surface area (Å²) < 4.78 is 13.2. The molecule has 0 aromatic heterocycles. The van der Waals surface area contributed by atoms with E-state index in [0.29, 0.717) is 0 Å². The molecule has 1 aromatic carbocycles. The average Bonchev–Trinajstić information content (AvgIpc) is 2.23. The third-order valence-corrected chi connectivity index (χ3v) is 3.22. The predicted octanol–water partition coefficient (Wildman–Crippen LogP) is 2.82. The van der Waals surface area contributed by atoms with Crippen LogP contribution in [-0.4, -0.2) is 23.0 Å². The molecule has 0 spiro atoms. The second-order valence-electron chi connectivity index (χ2n) is 5.23. The number of benzene rings is 1. The standard InChI is InChI=1S/C13H15BrFNO3/c1-13(2,3)10(12(18)19)16-11(17)8-5-4-7(15)6-9(8)14/h4-6,10H,1-3H3,(H,16,17)(H,18,19)/t10-/m0/s1. The van der Waals surface area contributed by atoms with Crippen LogP contribution in [0.3, 0.4) is 0 Å². The maximum atomic E-state index is 12.9. The van der Waals surface area contributed by atoms with Crippen molar-refractivity contribution >= 4 is 27.8 Å². The summed E-state index contributed by atoms with van der Waals surface area (Å²) in [4.78, 5) is 23.2. The molecule has 0 radical (unpaired) electrons. The van der Waals surface area contributed by atoms with Gasteiger partial charge < -0.3 is 10.4 Å². The quantitative estimate of drug-likeness (QED) is 0.894. The maximum Gasteiger partial charge on any atom is 0.326 e. The summed E-state index contributed by atoms with van der Waals surface area (Å²) in [5, 5.41) is 11.6. The third kappa shape index (κ3) is 4.02. The highest BCUT2D eigenvalue weighted by molar-refractivity contribution is 9.10. The highest BCUT2D eigenvalue weighted by atomic mass is 79.9. The first-order valence-electron chi connectivity index (χ1n) is 5.61. The fraction of sp³-hybridized carbons (Fsp3) is 0.385. The lowest BCUT2D eigenvalue weighted by molar-refractivity contribution is -0.142. The van der Waals surface area contributed by atoms with E-state index in [1.807, 2.05) is 0 Å². The number of carbonyl (C=O) groups is 2. The summed E-state index contributed by atoms with van der Waals surface area (Å²) in [6.45, 7) is 5.14. The molecule has 4 nitrogen and oxygen atoms in total. The van der Waals surface area contributed by atoms with E-state index in [9.17, 15) is 14.0 Å². The fourth-order valence-corrected chi connectivity index (χ4v) is 2.06. The van der Waals surface area contributed by atoms with E-state index < -0.39 is 29.2 Å². The van der Waals surface area contributed by atoms with E-state index in [1.54, 1.807) is 20.8 Å². The molecule has 0 unspecified atom stereocenters. The number of hydrogen-bond donors (Lipinski definition) is 2. The molecular weight excluding hydrogens is 317 g/mol. The minimum absolute atomic E-state index is 0.192. The molecule has 1 rings (SSSR count). The lowest BCUT2D eigenvalue weighted by Gasteiger charge is -2.27. The second-order valence-corrected chi connectivity index (χ2v) is 6.09. The number of carbonyl (C=O) groups excluding carboxylic acids is 1. The zero-order chi connectivity index (χ0) is 14.8. The number of halogens is 2. The van der Waals surface area contributed by atoms with Crippen molar-refractivity contribution in [1.82, 2.24) is 5.32 Å². The Bertz CT molecular complexity index is 511. The number of rotatable bonds is 3. The number of carboxylic acid groups (broad SMARTS) is 1. The fourth-order valence-electron chi connectivity index (χ4n) is 1.53. The SMILES string of the molecule is CC(C)(C)[C@@H](NC(=O)c1ccc(F)cc1Br)C(=O)O. The van der Waals surface area contributed by atoms with Crippen LogP contribution in [-0.2, 0) is 4.79 Å². The molecule has 1 atom stereocenters. The van der Waals surface area contributed by atoms with E-state index >= 15 is 0 Å².